The molecule has 0 aliphatic carbocycles. The summed E-state index contributed by atoms with van der Waals surface area (Å²) in [7, 11) is 1.23. The first-order valence-corrected chi connectivity index (χ1v) is 5.82. The first-order chi connectivity index (χ1) is 8.31. The van der Waals surface area contributed by atoms with Gasteiger partial charge in [0.25, 0.3) is 0 Å². The summed E-state index contributed by atoms with van der Waals surface area (Å²) in [5.74, 6) is -3.07. The fourth-order valence-electron chi connectivity index (χ4n) is 1.19. The zero-order valence-corrected chi connectivity index (χ0v) is 10.2. The number of rotatable bonds is 3. The molecule has 1 aromatic carbocycles. The van der Waals surface area contributed by atoms with E-state index in [2.05, 4.69) is 0 Å². The molecular weight excluding hydrogens is 274 g/mol. The molecule has 0 aliphatic rings. The Labute approximate surface area is 105 Å². The van der Waals surface area contributed by atoms with E-state index in [1.54, 1.807) is 5.32 Å². The van der Waals surface area contributed by atoms with E-state index >= 15 is 0 Å². The van der Waals surface area contributed by atoms with E-state index in [4.69, 9.17) is 4.74 Å². The molecule has 1 amide bonds. The van der Waals surface area contributed by atoms with E-state index in [0.717, 1.165) is 23.9 Å². The molecular formula is C10H9F4NO2S. The maximum absolute atomic E-state index is 13.7. The van der Waals surface area contributed by atoms with Gasteiger partial charge >= 0.3 is 12.1 Å². The predicted molar refractivity (Wildman–Crippen MR) is 59.4 cm³/mol. The van der Waals surface area contributed by atoms with Crippen molar-refractivity contribution in [1.29, 1.82) is 0 Å². The molecule has 0 unspecified atom stereocenters. The number of hydrogen-bond donors (Lipinski definition) is 1. The minimum Gasteiger partial charge on any atom is -0.494 e. The zero-order valence-electron chi connectivity index (χ0n) is 9.39. The summed E-state index contributed by atoms with van der Waals surface area (Å²) in [6.07, 6.45) is -3.55. The fourth-order valence-corrected chi connectivity index (χ4v) is 1.81. The first kappa shape index (κ1) is 14.6. The zero-order chi connectivity index (χ0) is 13.9. The first-order valence-electron chi connectivity index (χ1n) is 4.60. The third kappa shape index (κ3) is 3.06. The van der Waals surface area contributed by atoms with Crippen LogP contribution < -0.4 is 10.1 Å². The van der Waals surface area contributed by atoms with Gasteiger partial charge in [0.2, 0.25) is 0 Å². The number of alkyl halides is 3. The topological polar surface area (TPSA) is 38.3 Å². The number of ether oxygens (including phenoxy) is 1. The van der Waals surface area contributed by atoms with Crippen LogP contribution in [0.25, 0.3) is 0 Å². The lowest BCUT2D eigenvalue weighted by Crippen LogP contribution is -2.30. The molecule has 0 bridgehead atoms. The van der Waals surface area contributed by atoms with Crippen molar-refractivity contribution in [2.45, 2.75) is 11.1 Å². The lowest BCUT2D eigenvalue weighted by Gasteiger charge is -2.13. The van der Waals surface area contributed by atoms with Crippen LogP contribution in [0.15, 0.2) is 17.0 Å². The monoisotopic (exact) mass is 283 g/mol. The fraction of sp³-hybridized carbons (Fsp3) is 0.300. The van der Waals surface area contributed by atoms with Crippen molar-refractivity contribution < 1.29 is 27.1 Å². The summed E-state index contributed by atoms with van der Waals surface area (Å²) in [6, 6.07) is 2.29. The molecule has 1 rings (SSSR count). The van der Waals surface area contributed by atoms with E-state index in [0.29, 0.717) is 0 Å². The number of carbonyl (C=O) groups is 1. The number of carbonyl (C=O) groups excluding carboxylic acids is 1. The molecule has 0 fully saturated rings. The maximum atomic E-state index is 13.7. The molecule has 1 aromatic rings. The van der Waals surface area contributed by atoms with Crippen LogP contribution in [0.2, 0.25) is 0 Å². The number of thioether (sulfide) groups is 1. The van der Waals surface area contributed by atoms with E-state index in [1.807, 2.05) is 0 Å². The smallest absolute Gasteiger partial charge is 0.471 e. The Morgan fingerprint density at radius 2 is 2.00 bits per heavy atom. The van der Waals surface area contributed by atoms with Crippen molar-refractivity contribution >= 4 is 23.4 Å². The van der Waals surface area contributed by atoms with Crippen molar-refractivity contribution in [3.05, 3.63) is 17.9 Å². The van der Waals surface area contributed by atoms with Gasteiger partial charge in [-0.25, -0.2) is 4.39 Å². The van der Waals surface area contributed by atoms with Crippen molar-refractivity contribution in [3.63, 3.8) is 0 Å². The Bertz CT molecular complexity index is 462. The van der Waals surface area contributed by atoms with Crippen LogP contribution in [-0.2, 0) is 4.79 Å². The molecule has 0 saturated heterocycles. The second kappa shape index (κ2) is 5.47. The normalized spacial score (nSPS) is 11.2. The molecule has 0 saturated carbocycles. The predicted octanol–water partition coefficient (Wildman–Crippen LogP) is 3.06. The molecule has 0 aliphatic heterocycles. The van der Waals surface area contributed by atoms with E-state index in [-0.39, 0.29) is 16.3 Å². The van der Waals surface area contributed by atoms with Gasteiger partial charge in [-0.2, -0.15) is 13.2 Å². The van der Waals surface area contributed by atoms with Crippen molar-refractivity contribution in [1.82, 2.24) is 0 Å². The molecule has 0 heterocycles. The third-order valence-corrected chi connectivity index (χ3v) is 2.80. The number of hydrogen-bond acceptors (Lipinski definition) is 3. The van der Waals surface area contributed by atoms with Gasteiger partial charge in [-0.05, 0) is 18.4 Å². The van der Waals surface area contributed by atoms with E-state index < -0.39 is 17.9 Å². The standard InChI is InChI=1S/C10H9F4NO2S/c1-17-6-4-3-5(8(18-2)7(6)11)15-9(16)10(12,13)14/h3-4H,1-2H3,(H,15,16). The summed E-state index contributed by atoms with van der Waals surface area (Å²) >= 11 is 0.867. The van der Waals surface area contributed by atoms with Crippen molar-refractivity contribution in [3.8, 4) is 5.75 Å². The Kier molecular flexibility index (Phi) is 4.44. The molecule has 0 radical (unpaired) electrons. The highest BCUT2D eigenvalue weighted by molar-refractivity contribution is 7.98. The van der Waals surface area contributed by atoms with E-state index in [1.165, 1.54) is 13.4 Å². The molecule has 3 nitrogen and oxygen atoms in total. The van der Waals surface area contributed by atoms with E-state index in [9.17, 15) is 22.4 Å². The van der Waals surface area contributed by atoms with Crippen LogP contribution in [0.3, 0.4) is 0 Å². The van der Waals surface area contributed by atoms with Gasteiger partial charge in [-0.15, -0.1) is 11.8 Å². The van der Waals surface area contributed by atoms with Crippen molar-refractivity contribution in [2.24, 2.45) is 0 Å². The second-order valence-electron chi connectivity index (χ2n) is 3.11. The number of methoxy groups -OCH3 is 1. The minimum atomic E-state index is -5.02. The summed E-state index contributed by atoms with van der Waals surface area (Å²) in [5, 5.41) is 1.61. The molecule has 8 heteroatoms. The highest BCUT2D eigenvalue weighted by atomic mass is 32.2. The summed E-state index contributed by atoms with van der Waals surface area (Å²) < 4.78 is 54.6. The Balaban J connectivity index is 3.11. The highest BCUT2D eigenvalue weighted by Crippen LogP contribution is 2.34. The Morgan fingerprint density at radius 1 is 1.39 bits per heavy atom. The van der Waals surface area contributed by atoms with Crippen LogP contribution >= 0.6 is 11.8 Å². The molecule has 0 spiro atoms. The summed E-state index contributed by atoms with van der Waals surface area (Å²) in [5.41, 5.74) is -0.247. The van der Waals surface area contributed by atoms with Crippen LogP contribution in [-0.4, -0.2) is 25.4 Å². The average molecular weight is 283 g/mol. The van der Waals surface area contributed by atoms with Crippen molar-refractivity contribution in [2.75, 3.05) is 18.7 Å². The van der Waals surface area contributed by atoms with Gasteiger partial charge in [0, 0.05) is 0 Å². The number of amides is 1. The SMILES string of the molecule is COc1ccc(NC(=O)C(F)(F)F)c(SC)c1F. The lowest BCUT2D eigenvalue weighted by molar-refractivity contribution is -0.167. The lowest BCUT2D eigenvalue weighted by atomic mass is 10.3. The highest BCUT2D eigenvalue weighted by Gasteiger charge is 2.39. The average Bonchev–Trinajstić information content (AvgIpc) is 2.28. The molecule has 0 aromatic heterocycles. The van der Waals surface area contributed by atoms with Crippen LogP contribution in [0.4, 0.5) is 23.2 Å². The number of anilines is 1. The Hall–Kier alpha value is -1.44. The summed E-state index contributed by atoms with van der Waals surface area (Å²) in [4.78, 5) is 10.7. The minimum absolute atomic E-state index is 0.107. The molecule has 18 heavy (non-hydrogen) atoms. The molecule has 0 atom stereocenters. The van der Waals surface area contributed by atoms with Gasteiger partial charge in [-0.3, -0.25) is 4.79 Å². The molecule has 100 valence electrons. The summed E-state index contributed by atoms with van der Waals surface area (Å²) in [6.45, 7) is 0. The number of nitrogens with one attached hydrogen (secondary N) is 1. The number of halogens is 4. The van der Waals surface area contributed by atoms with Crippen LogP contribution in [0.1, 0.15) is 0 Å². The van der Waals surface area contributed by atoms with Gasteiger partial charge in [0.05, 0.1) is 17.7 Å². The van der Waals surface area contributed by atoms with Crippen LogP contribution in [0.5, 0.6) is 5.75 Å². The molecule has 1 N–H and O–H groups in total. The van der Waals surface area contributed by atoms with Crippen LogP contribution in [0, 0.1) is 5.82 Å². The Morgan fingerprint density at radius 3 is 2.44 bits per heavy atom. The van der Waals surface area contributed by atoms with Gasteiger partial charge in [-0.1, -0.05) is 0 Å². The third-order valence-electron chi connectivity index (χ3n) is 1.99. The quantitative estimate of drug-likeness (QED) is 0.684. The number of benzene rings is 1. The largest absolute Gasteiger partial charge is 0.494 e. The van der Waals surface area contributed by atoms with Gasteiger partial charge < -0.3 is 10.1 Å². The van der Waals surface area contributed by atoms with Gasteiger partial charge in [0.15, 0.2) is 11.6 Å². The van der Waals surface area contributed by atoms with Gasteiger partial charge in [0.1, 0.15) is 0 Å². The maximum Gasteiger partial charge on any atom is 0.471 e. The second-order valence-corrected chi connectivity index (χ2v) is 3.93.